The molecule has 3 unspecified atom stereocenters. The molecule has 1 aromatic carbocycles. The molecule has 0 aromatic heterocycles. The lowest BCUT2D eigenvalue weighted by atomic mass is 9.84. The van der Waals surface area contributed by atoms with E-state index in [1.165, 1.54) is 12.1 Å². The molecule has 3 nitrogen and oxygen atoms in total. The Labute approximate surface area is 113 Å². The van der Waals surface area contributed by atoms with Gasteiger partial charge in [-0.05, 0) is 37.5 Å². The van der Waals surface area contributed by atoms with Crippen LogP contribution in [0.1, 0.15) is 44.2 Å². The van der Waals surface area contributed by atoms with E-state index in [-0.39, 0.29) is 29.7 Å². The molecular formula is C15H21FN2O. The van der Waals surface area contributed by atoms with Crippen molar-refractivity contribution in [3.05, 3.63) is 35.6 Å². The minimum Gasteiger partial charge on any atom is -0.349 e. The average molecular weight is 264 g/mol. The van der Waals surface area contributed by atoms with Crippen LogP contribution in [-0.2, 0) is 4.79 Å². The summed E-state index contributed by atoms with van der Waals surface area (Å²) < 4.78 is 12.9. The molecular weight excluding hydrogens is 243 g/mol. The third kappa shape index (κ3) is 3.53. The van der Waals surface area contributed by atoms with Crippen LogP contribution in [0.25, 0.3) is 0 Å². The number of nitrogens with two attached hydrogens (primary N) is 1. The lowest BCUT2D eigenvalue weighted by molar-refractivity contribution is -0.127. The van der Waals surface area contributed by atoms with Crippen LogP contribution in [0.15, 0.2) is 24.3 Å². The van der Waals surface area contributed by atoms with Crippen LogP contribution < -0.4 is 11.1 Å². The van der Waals surface area contributed by atoms with Gasteiger partial charge in [0.25, 0.3) is 0 Å². The first-order valence-electron chi connectivity index (χ1n) is 6.89. The van der Waals surface area contributed by atoms with Gasteiger partial charge in [-0.2, -0.15) is 0 Å². The number of amides is 1. The first-order valence-corrected chi connectivity index (χ1v) is 6.89. The maximum Gasteiger partial charge on any atom is 0.225 e. The van der Waals surface area contributed by atoms with E-state index in [1.54, 1.807) is 12.1 Å². The summed E-state index contributed by atoms with van der Waals surface area (Å²) in [5.74, 6) is -0.336. The van der Waals surface area contributed by atoms with Gasteiger partial charge in [-0.3, -0.25) is 4.79 Å². The molecule has 1 aliphatic carbocycles. The molecule has 1 amide bonds. The molecule has 4 heteroatoms. The van der Waals surface area contributed by atoms with Gasteiger partial charge < -0.3 is 11.1 Å². The highest BCUT2D eigenvalue weighted by Crippen LogP contribution is 2.24. The molecule has 0 heterocycles. The van der Waals surface area contributed by atoms with Gasteiger partial charge in [0.1, 0.15) is 5.82 Å². The predicted molar refractivity (Wildman–Crippen MR) is 72.9 cm³/mol. The van der Waals surface area contributed by atoms with Crippen molar-refractivity contribution in [2.75, 3.05) is 0 Å². The number of halogens is 1. The smallest absolute Gasteiger partial charge is 0.225 e. The summed E-state index contributed by atoms with van der Waals surface area (Å²) >= 11 is 0. The van der Waals surface area contributed by atoms with Crippen molar-refractivity contribution in [3.63, 3.8) is 0 Å². The normalized spacial score (nSPS) is 24.8. The standard InChI is InChI=1S/C15H21FN2O/c1-10(11-6-8-12(16)9-7-11)18-15(19)13-4-2-3-5-14(13)17/h6-10,13-14H,2-5,17H2,1H3,(H,18,19). The Bertz CT molecular complexity index is 432. The molecule has 1 aliphatic rings. The molecule has 0 saturated heterocycles. The van der Waals surface area contributed by atoms with E-state index >= 15 is 0 Å². The van der Waals surface area contributed by atoms with E-state index in [0.29, 0.717) is 0 Å². The fourth-order valence-electron chi connectivity index (χ4n) is 2.64. The Hall–Kier alpha value is -1.42. The molecule has 3 atom stereocenters. The maximum atomic E-state index is 12.9. The second kappa shape index (κ2) is 6.15. The van der Waals surface area contributed by atoms with Gasteiger partial charge in [0.2, 0.25) is 5.91 Å². The van der Waals surface area contributed by atoms with Crippen LogP contribution in [0.4, 0.5) is 4.39 Å². The van der Waals surface area contributed by atoms with E-state index in [9.17, 15) is 9.18 Å². The highest BCUT2D eigenvalue weighted by Gasteiger charge is 2.28. The molecule has 0 spiro atoms. The first-order chi connectivity index (χ1) is 9.08. The highest BCUT2D eigenvalue weighted by molar-refractivity contribution is 5.79. The van der Waals surface area contributed by atoms with E-state index in [1.807, 2.05) is 6.92 Å². The zero-order valence-corrected chi connectivity index (χ0v) is 11.2. The quantitative estimate of drug-likeness (QED) is 0.881. The van der Waals surface area contributed by atoms with E-state index in [2.05, 4.69) is 5.32 Å². The molecule has 0 bridgehead atoms. The van der Waals surface area contributed by atoms with Crippen molar-refractivity contribution in [2.24, 2.45) is 11.7 Å². The molecule has 0 radical (unpaired) electrons. The van der Waals surface area contributed by atoms with Crippen LogP contribution in [0.5, 0.6) is 0 Å². The number of carbonyl (C=O) groups excluding carboxylic acids is 1. The minimum absolute atomic E-state index is 0.0176. The summed E-state index contributed by atoms with van der Waals surface area (Å²) in [4.78, 5) is 12.2. The van der Waals surface area contributed by atoms with Crippen LogP contribution >= 0.6 is 0 Å². The maximum absolute atomic E-state index is 12.9. The summed E-state index contributed by atoms with van der Waals surface area (Å²) in [6.45, 7) is 1.90. The summed E-state index contributed by atoms with van der Waals surface area (Å²) in [5.41, 5.74) is 6.91. The Kier molecular flexibility index (Phi) is 4.53. The molecule has 0 aliphatic heterocycles. The van der Waals surface area contributed by atoms with Crippen molar-refractivity contribution >= 4 is 5.91 Å². The predicted octanol–water partition coefficient (Wildman–Crippen LogP) is 2.52. The van der Waals surface area contributed by atoms with Gasteiger partial charge >= 0.3 is 0 Å². The van der Waals surface area contributed by atoms with Gasteiger partial charge in [0.05, 0.1) is 12.0 Å². The fourth-order valence-corrected chi connectivity index (χ4v) is 2.64. The monoisotopic (exact) mass is 264 g/mol. The van der Waals surface area contributed by atoms with Crippen molar-refractivity contribution in [1.82, 2.24) is 5.32 Å². The molecule has 2 rings (SSSR count). The van der Waals surface area contributed by atoms with Crippen molar-refractivity contribution < 1.29 is 9.18 Å². The second-order valence-electron chi connectivity index (χ2n) is 5.34. The SMILES string of the molecule is CC(NC(=O)C1CCCCC1N)c1ccc(F)cc1. The summed E-state index contributed by atoms with van der Waals surface area (Å²) in [6.07, 6.45) is 3.96. The Morgan fingerprint density at radius 3 is 2.58 bits per heavy atom. The number of rotatable bonds is 3. The molecule has 104 valence electrons. The Morgan fingerprint density at radius 1 is 1.32 bits per heavy atom. The Morgan fingerprint density at radius 2 is 1.95 bits per heavy atom. The molecule has 1 aromatic rings. The lowest BCUT2D eigenvalue weighted by Crippen LogP contribution is -2.44. The van der Waals surface area contributed by atoms with Gasteiger partial charge in [0, 0.05) is 6.04 Å². The van der Waals surface area contributed by atoms with Gasteiger partial charge in [0.15, 0.2) is 0 Å². The fraction of sp³-hybridized carbons (Fsp3) is 0.533. The molecule has 3 N–H and O–H groups in total. The number of benzene rings is 1. The highest BCUT2D eigenvalue weighted by atomic mass is 19.1. The van der Waals surface area contributed by atoms with Crippen LogP contribution in [0.3, 0.4) is 0 Å². The van der Waals surface area contributed by atoms with Crippen LogP contribution in [0.2, 0.25) is 0 Å². The number of hydrogen-bond acceptors (Lipinski definition) is 2. The van der Waals surface area contributed by atoms with Gasteiger partial charge in [-0.15, -0.1) is 0 Å². The zero-order valence-electron chi connectivity index (χ0n) is 11.2. The van der Waals surface area contributed by atoms with Crippen LogP contribution in [-0.4, -0.2) is 11.9 Å². The van der Waals surface area contributed by atoms with Crippen molar-refractivity contribution in [2.45, 2.75) is 44.7 Å². The van der Waals surface area contributed by atoms with E-state index in [0.717, 1.165) is 31.2 Å². The first kappa shape index (κ1) is 14.0. The lowest BCUT2D eigenvalue weighted by Gasteiger charge is -2.28. The van der Waals surface area contributed by atoms with Crippen molar-refractivity contribution in [1.29, 1.82) is 0 Å². The number of hydrogen-bond donors (Lipinski definition) is 2. The van der Waals surface area contributed by atoms with E-state index in [4.69, 9.17) is 5.73 Å². The molecule has 1 saturated carbocycles. The third-order valence-electron chi connectivity index (χ3n) is 3.88. The topological polar surface area (TPSA) is 55.1 Å². The molecule has 1 fully saturated rings. The molecule has 19 heavy (non-hydrogen) atoms. The zero-order chi connectivity index (χ0) is 13.8. The second-order valence-corrected chi connectivity index (χ2v) is 5.34. The van der Waals surface area contributed by atoms with Crippen molar-refractivity contribution in [3.8, 4) is 0 Å². The van der Waals surface area contributed by atoms with Gasteiger partial charge in [-0.1, -0.05) is 25.0 Å². The minimum atomic E-state index is -0.267. The third-order valence-corrected chi connectivity index (χ3v) is 3.88. The number of carbonyl (C=O) groups is 1. The Balaban J connectivity index is 1.96. The van der Waals surface area contributed by atoms with E-state index < -0.39 is 0 Å². The summed E-state index contributed by atoms with van der Waals surface area (Å²) in [7, 11) is 0. The average Bonchev–Trinajstić information content (AvgIpc) is 2.39. The summed E-state index contributed by atoms with van der Waals surface area (Å²) in [5, 5.41) is 2.97. The van der Waals surface area contributed by atoms with Gasteiger partial charge in [-0.25, -0.2) is 4.39 Å². The summed E-state index contributed by atoms with van der Waals surface area (Å²) in [6, 6.07) is 6.05. The number of nitrogens with one attached hydrogen (secondary N) is 1. The van der Waals surface area contributed by atoms with Crippen LogP contribution in [0, 0.1) is 11.7 Å². The largest absolute Gasteiger partial charge is 0.349 e.